The Morgan fingerprint density at radius 2 is 1.73 bits per heavy atom. The van der Waals surface area contributed by atoms with Crippen molar-refractivity contribution in [2.45, 2.75) is 12.3 Å². The Morgan fingerprint density at radius 1 is 1.20 bits per heavy atom. The van der Waals surface area contributed by atoms with E-state index < -0.39 is 30.5 Å². The highest BCUT2D eigenvalue weighted by atomic mass is 35.5. The summed E-state index contributed by atoms with van der Waals surface area (Å²) in [6, 6.07) is 1.32. The zero-order valence-electron chi connectivity index (χ0n) is 7.54. The summed E-state index contributed by atoms with van der Waals surface area (Å²) in [5.74, 6) is -5.55. The minimum Gasteiger partial charge on any atom is -0.325 e. The molecule has 0 aliphatic carbocycles. The largest absolute Gasteiger partial charge is 0.325 e. The van der Waals surface area contributed by atoms with Gasteiger partial charge in [0.1, 0.15) is 0 Å². The Bertz CT molecular complexity index is 367. The fourth-order valence-corrected chi connectivity index (χ4v) is 1.27. The Balaban J connectivity index is 3.01. The molecule has 0 aliphatic heterocycles. The van der Waals surface area contributed by atoms with E-state index in [2.05, 4.69) is 0 Å². The minimum absolute atomic E-state index is 0.161. The number of hydrogen-bond donors (Lipinski definition) is 1. The van der Waals surface area contributed by atoms with Crippen molar-refractivity contribution in [2.75, 3.05) is 6.54 Å². The van der Waals surface area contributed by atoms with Crippen LogP contribution >= 0.6 is 11.6 Å². The van der Waals surface area contributed by atoms with E-state index in [0.717, 1.165) is 0 Å². The first-order valence-electron chi connectivity index (χ1n) is 4.07. The van der Waals surface area contributed by atoms with E-state index in [9.17, 15) is 17.6 Å². The van der Waals surface area contributed by atoms with E-state index in [4.69, 9.17) is 17.3 Å². The Morgan fingerprint density at radius 3 is 2.27 bits per heavy atom. The summed E-state index contributed by atoms with van der Waals surface area (Å²) in [6.45, 7) is -0.873. The molecule has 0 radical (unpaired) electrons. The van der Waals surface area contributed by atoms with E-state index in [1.165, 1.54) is 0 Å². The van der Waals surface area contributed by atoms with Crippen LogP contribution < -0.4 is 5.73 Å². The van der Waals surface area contributed by atoms with Crippen LogP contribution in [0, 0.1) is 11.6 Å². The van der Waals surface area contributed by atoms with E-state index in [0.29, 0.717) is 12.1 Å². The molecule has 1 rings (SSSR count). The number of nitrogens with two attached hydrogens (primary N) is 1. The highest BCUT2D eigenvalue weighted by molar-refractivity contribution is 6.31. The third-order valence-electron chi connectivity index (χ3n) is 1.84. The number of benzene rings is 1. The average molecular weight is 242 g/mol. The van der Waals surface area contributed by atoms with Crippen molar-refractivity contribution in [2.24, 2.45) is 5.73 Å². The van der Waals surface area contributed by atoms with Gasteiger partial charge in [0.15, 0.2) is 11.6 Å². The number of halogens is 5. The van der Waals surface area contributed by atoms with Gasteiger partial charge in [0.05, 0.1) is 6.54 Å². The zero-order valence-corrected chi connectivity index (χ0v) is 8.29. The Labute approximate surface area is 88.8 Å². The van der Waals surface area contributed by atoms with Gasteiger partial charge in [0.2, 0.25) is 0 Å². The van der Waals surface area contributed by atoms with Crippen molar-refractivity contribution in [3.8, 4) is 0 Å². The van der Waals surface area contributed by atoms with Crippen LogP contribution in [0.1, 0.15) is 5.56 Å². The van der Waals surface area contributed by atoms with Gasteiger partial charge in [-0.15, -0.1) is 0 Å². The lowest BCUT2D eigenvalue weighted by Gasteiger charge is -2.14. The summed E-state index contributed by atoms with van der Waals surface area (Å²) in [4.78, 5) is 0. The van der Waals surface area contributed by atoms with Crippen molar-refractivity contribution in [3.63, 3.8) is 0 Å². The van der Waals surface area contributed by atoms with Gasteiger partial charge in [-0.25, -0.2) is 17.6 Å². The summed E-state index contributed by atoms with van der Waals surface area (Å²) in [7, 11) is 0. The number of alkyl halides is 2. The van der Waals surface area contributed by atoms with E-state index >= 15 is 0 Å². The molecule has 1 aromatic carbocycles. The molecule has 0 heterocycles. The second-order valence-electron chi connectivity index (χ2n) is 3.09. The fourth-order valence-electron chi connectivity index (χ4n) is 1.05. The van der Waals surface area contributed by atoms with Crippen LogP contribution in [-0.4, -0.2) is 12.5 Å². The normalized spacial score (nSPS) is 11.9. The molecule has 1 aromatic rings. The van der Waals surface area contributed by atoms with Crippen molar-refractivity contribution in [1.82, 2.24) is 0 Å². The predicted octanol–water partition coefficient (Wildman–Crippen LogP) is 2.75. The van der Waals surface area contributed by atoms with Crippen LogP contribution in [0.3, 0.4) is 0 Å². The molecule has 0 saturated carbocycles. The molecule has 15 heavy (non-hydrogen) atoms. The van der Waals surface area contributed by atoms with Gasteiger partial charge >= 0.3 is 0 Å². The maximum Gasteiger partial charge on any atom is 0.264 e. The number of hydrogen-bond acceptors (Lipinski definition) is 1. The highest BCUT2D eigenvalue weighted by Gasteiger charge is 2.28. The molecule has 0 fully saturated rings. The lowest BCUT2D eigenvalue weighted by atomic mass is 10.1. The second-order valence-corrected chi connectivity index (χ2v) is 3.50. The van der Waals surface area contributed by atoms with Gasteiger partial charge < -0.3 is 5.73 Å². The van der Waals surface area contributed by atoms with E-state index in [1.54, 1.807) is 0 Å². The van der Waals surface area contributed by atoms with Gasteiger partial charge in [-0.3, -0.25) is 0 Å². The summed E-state index contributed by atoms with van der Waals surface area (Å²) in [6.07, 6.45) is -0.806. The molecule has 0 atom stereocenters. The Hall–Kier alpha value is -0.810. The van der Waals surface area contributed by atoms with Crippen LogP contribution in [0.15, 0.2) is 12.1 Å². The molecule has 0 bridgehead atoms. The third-order valence-corrected chi connectivity index (χ3v) is 2.19. The topological polar surface area (TPSA) is 26.0 Å². The molecule has 0 spiro atoms. The van der Waals surface area contributed by atoms with Crippen LogP contribution in [0.25, 0.3) is 0 Å². The summed E-state index contributed by atoms with van der Waals surface area (Å²) < 4.78 is 51.0. The van der Waals surface area contributed by atoms with Crippen LogP contribution in [0.5, 0.6) is 0 Å². The quantitative estimate of drug-likeness (QED) is 0.639. The van der Waals surface area contributed by atoms with Crippen molar-refractivity contribution in [3.05, 3.63) is 34.4 Å². The third kappa shape index (κ3) is 3.07. The monoisotopic (exact) mass is 241 g/mol. The summed E-state index contributed by atoms with van der Waals surface area (Å²) >= 11 is 5.48. The molecule has 2 N–H and O–H groups in total. The van der Waals surface area contributed by atoms with Crippen LogP contribution in [0.2, 0.25) is 5.02 Å². The van der Waals surface area contributed by atoms with E-state index in [1.807, 2.05) is 0 Å². The maximum atomic E-state index is 12.9. The van der Waals surface area contributed by atoms with Crippen molar-refractivity contribution >= 4 is 11.6 Å². The van der Waals surface area contributed by atoms with Crippen molar-refractivity contribution < 1.29 is 17.6 Å². The first-order chi connectivity index (χ1) is 6.85. The summed E-state index contributed by atoms with van der Waals surface area (Å²) in [5, 5.41) is -0.234. The average Bonchev–Trinajstić information content (AvgIpc) is 2.14. The van der Waals surface area contributed by atoms with Crippen LogP contribution in [-0.2, 0) is 6.42 Å². The molecule has 0 unspecified atom stereocenters. The summed E-state index contributed by atoms with van der Waals surface area (Å²) in [5.41, 5.74) is 4.65. The van der Waals surface area contributed by atoms with Gasteiger partial charge in [-0.2, -0.15) is 0 Å². The Kier molecular flexibility index (Phi) is 3.57. The standard InChI is InChI=1S/C9H8ClF4N/c10-6-2-8(12)7(11)1-5(6)3-9(13,14)4-15/h1-2H,3-4,15H2. The molecular weight excluding hydrogens is 234 g/mol. The molecule has 0 amide bonds. The SMILES string of the molecule is NCC(F)(F)Cc1cc(F)c(F)cc1Cl. The van der Waals surface area contributed by atoms with Gasteiger partial charge in [-0.1, -0.05) is 11.6 Å². The zero-order chi connectivity index (χ0) is 11.6. The minimum atomic E-state index is -3.17. The van der Waals surface area contributed by atoms with Gasteiger partial charge in [0.25, 0.3) is 5.92 Å². The van der Waals surface area contributed by atoms with Gasteiger partial charge in [-0.05, 0) is 17.7 Å². The second kappa shape index (κ2) is 4.37. The molecular formula is C9H8ClF4N. The van der Waals surface area contributed by atoms with Gasteiger partial charge in [0, 0.05) is 11.4 Å². The lowest BCUT2D eigenvalue weighted by Crippen LogP contribution is -2.30. The number of rotatable bonds is 3. The molecule has 0 aromatic heterocycles. The van der Waals surface area contributed by atoms with E-state index in [-0.39, 0.29) is 10.6 Å². The fraction of sp³-hybridized carbons (Fsp3) is 0.333. The first kappa shape index (κ1) is 12.3. The molecule has 6 heteroatoms. The lowest BCUT2D eigenvalue weighted by molar-refractivity contribution is 0.0114. The molecule has 1 nitrogen and oxygen atoms in total. The smallest absolute Gasteiger partial charge is 0.264 e. The predicted molar refractivity (Wildman–Crippen MR) is 49.1 cm³/mol. The highest BCUT2D eigenvalue weighted by Crippen LogP contribution is 2.26. The molecule has 0 aliphatic rings. The first-order valence-corrected chi connectivity index (χ1v) is 4.45. The van der Waals surface area contributed by atoms with Crippen LogP contribution in [0.4, 0.5) is 17.6 Å². The molecule has 84 valence electrons. The maximum absolute atomic E-state index is 12.9. The molecule has 0 saturated heterocycles. The van der Waals surface area contributed by atoms with Crippen molar-refractivity contribution in [1.29, 1.82) is 0 Å².